The van der Waals surface area contributed by atoms with E-state index in [2.05, 4.69) is 5.43 Å². The molecular formula is C25H29FN4O3. The van der Waals surface area contributed by atoms with Crippen molar-refractivity contribution in [1.82, 2.24) is 15.2 Å². The molecule has 1 heterocycles. The highest BCUT2D eigenvalue weighted by Gasteiger charge is 2.35. The highest BCUT2D eigenvalue weighted by molar-refractivity contribution is 5.96. The quantitative estimate of drug-likeness (QED) is 0.400. The number of nitrogens with zero attached hydrogens (tertiary/aromatic N) is 2. The number of halogens is 1. The predicted octanol–water partition coefficient (Wildman–Crippen LogP) is 2.47. The van der Waals surface area contributed by atoms with Gasteiger partial charge >= 0.3 is 0 Å². The molecule has 2 aliphatic rings. The Morgan fingerprint density at radius 3 is 2.36 bits per heavy atom. The first kappa shape index (κ1) is 22.9. The van der Waals surface area contributed by atoms with E-state index in [4.69, 9.17) is 5.84 Å². The lowest BCUT2D eigenvalue weighted by atomic mass is 9.89. The lowest BCUT2D eigenvalue weighted by Crippen LogP contribution is -2.51. The number of amides is 3. The van der Waals surface area contributed by atoms with Gasteiger partial charge in [-0.3, -0.25) is 19.8 Å². The highest BCUT2D eigenvalue weighted by atomic mass is 19.1. The molecule has 8 heteroatoms. The van der Waals surface area contributed by atoms with Crippen LogP contribution in [0.5, 0.6) is 0 Å². The topological polar surface area (TPSA) is 95.7 Å². The summed E-state index contributed by atoms with van der Waals surface area (Å²) in [6.07, 6.45) is 2.44. The van der Waals surface area contributed by atoms with Gasteiger partial charge in [-0.05, 0) is 54.5 Å². The van der Waals surface area contributed by atoms with Crippen LogP contribution in [0.25, 0.3) is 0 Å². The van der Waals surface area contributed by atoms with Crippen molar-refractivity contribution in [2.24, 2.45) is 11.8 Å². The van der Waals surface area contributed by atoms with E-state index in [0.717, 1.165) is 24.0 Å². The van der Waals surface area contributed by atoms with Crippen molar-refractivity contribution in [3.05, 3.63) is 70.5 Å². The van der Waals surface area contributed by atoms with Gasteiger partial charge in [0.05, 0.1) is 5.56 Å². The number of rotatable bonds is 6. The molecule has 7 nitrogen and oxygen atoms in total. The monoisotopic (exact) mass is 452 g/mol. The summed E-state index contributed by atoms with van der Waals surface area (Å²) >= 11 is 0. The van der Waals surface area contributed by atoms with Crippen molar-refractivity contribution in [3.63, 3.8) is 0 Å². The van der Waals surface area contributed by atoms with Gasteiger partial charge in [0, 0.05) is 37.7 Å². The molecule has 1 atom stereocenters. The maximum atomic E-state index is 14.6. The number of hydrogen-bond acceptors (Lipinski definition) is 4. The van der Waals surface area contributed by atoms with Crippen LogP contribution in [0.15, 0.2) is 42.5 Å². The summed E-state index contributed by atoms with van der Waals surface area (Å²) in [5, 5.41) is 0. The van der Waals surface area contributed by atoms with Gasteiger partial charge in [0.15, 0.2) is 0 Å². The summed E-state index contributed by atoms with van der Waals surface area (Å²) in [6.45, 7) is 3.75. The normalized spacial score (nSPS) is 16.9. The van der Waals surface area contributed by atoms with Gasteiger partial charge in [0.1, 0.15) is 5.82 Å². The predicted molar refractivity (Wildman–Crippen MR) is 122 cm³/mol. The van der Waals surface area contributed by atoms with Crippen LogP contribution in [0.4, 0.5) is 4.39 Å². The average molecular weight is 453 g/mol. The Bertz CT molecular complexity index is 1060. The minimum Gasteiger partial charge on any atom is -0.339 e. The first-order valence-corrected chi connectivity index (χ1v) is 11.4. The largest absolute Gasteiger partial charge is 0.339 e. The second-order valence-electron chi connectivity index (χ2n) is 8.87. The Morgan fingerprint density at radius 2 is 1.70 bits per heavy atom. The van der Waals surface area contributed by atoms with Crippen molar-refractivity contribution in [2.75, 3.05) is 26.2 Å². The fraction of sp³-hybridized carbons (Fsp3) is 0.400. The molecular weight excluding hydrogens is 423 g/mol. The number of benzene rings is 2. The van der Waals surface area contributed by atoms with Gasteiger partial charge in [-0.1, -0.05) is 31.2 Å². The molecule has 33 heavy (non-hydrogen) atoms. The van der Waals surface area contributed by atoms with Crippen molar-refractivity contribution in [3.8, 4) is 0 Å². The SMILES string of the molecule is CC(Cc1ccc(F)c(C(=O)N2CCN(C(=O)C3CC3)CC2)c1)c1ccccc1C(=O)NN. The third-order valence-corrected chi connectivity index (χ3v) is 6.48. The van der Waals surface area contributed by atoms with Crippen LogP contribution in [0.3, 0.4) is 0 Å². The maximum absolute atomic E-state index is 14.6. The Hall–Kier alpha value is -3.26. The van der Waals surface area contributed by atoms with Gasteiger partial charge in [-0.25, -0.2) is 10.2 Å². The van der Waals surface area contributed by atoms with E-state index in [1.165, 1.54) is 6.07 Å². The molecule has 3 N–H and O–H groups in total. The van der Waals surface area contributed by atoms with Gasteiger partial charge in [-0.2, -0.15) is 0 Å². The van der Waals surface area contributed by atoms with Crippen LogP contribution in [-0.2, 0) is 11.2 Å². The summed E-state index contributed by atoms with van der Waals surface area (Å²) in [6, 6.07) is 11.8. The number of piperazine rings is 1. The lowest BCUT2D eigenvalue weighted by molar-refractivity contribution is -0.134. The summed E-state index contributed by atoms with van der Waals surface area (Å²) in [4.78, 5) is 40.8. The first-order valence-electron chi connectivity index (χ1n) is 11.4. The number of nitrogens with two attached hydrogens (primary N) is 1. The third kappa shape index (κ3) is 5.06. The molecule has 0 radical (unpaired) electrons. The molecule has 1 saturated carbocycles. The molecule has 2 aromatic carbocycles. The molecule has 1 saturated heterocycles. The number of carbonyl (C=O) groups excluding carboxylic acids is 3. The number of carbonyl (C=O) groups is 3. The Morgan fingerprint density at radius 1 is 1.03 bits per heavy atom. The van der Waals surface area contributed by atoms with Crippen molar-refractivity contribution in [1.29, 1.82) is 0 Å². The Labute approximate surface area is 192 Å². The minimum atomic E-state index is -0.559. The van der Waals surface area contributed by atoms with E-state index in [9.17, 15) is 18.8 Å². The van der Waals surface area contributed by atoms with Crippen molar-refractivity contribution >= 4 is 17.7 Å². The summed E-state index contributed by atoms with van der Waals surface area (Å²) < 4.78 is 14.6. The lowest BCUT2D eigenvalue weighted by Gasteiger charge is -2.35. The molecule has 1 aliphatic heterocycles. The van der Waals surface area contributed by atoms with Gasteiger partial charge in [0.25, 0.3) is 11.8 Å². The van der Waals surface area contributed by atoms with E-state index in [1.54, 1.807) is 29.2 Å². The highest BCUT2D eigenvalue weighted by Crippen LogP contribution is 2.31. The molecule has 0 aromatic heterocycles. The zero-order valence-corrected chi connectivity index (χ0v) is 18.7. The van der Waals surface area contributed by atoms with Crippen molar-refractivity contribution < 1.29 is 18.8 Å². The van der Waals surface area contributed by atoms with E-state index in [1.807, 2.05) is 24.0 Å². The van der Waals surface area contributed by atoms with Crippen molar-refractivity contribution in [2.45, 2.75) is 32.1 Å². The Balaban J connectivity index is 1.45. The smallest absolute Gasteiger partial charge is 0.265 e. The number of nitrogens with one attached hydrogen (secondary N) is 1. The molecule has 3 amide bonds. The van der Waals surface area contributed by atoms with E-state index < -0.39 is 5.82 Å². The standard InChI is InChI=1S/C25H29FN4O3/c1-16(19-4-2-3-5-20(19)23(31)28-27)14-17-6-9-22(26)21(15-17)25(33)30-12-10-29(11-13-30)24(32)18-7-8-18/h2-6,9,15-16,18H,7-8,10-14,27H2,1H3,(H,28,31). The second-order valence-corrected chi connectivity index (χ2v) is 8.87. The molecule has 2 fully saturated rings. The fourth-order valence-electron chi connectivity index (χ4n) is 4.43. The fourth-order valence-corrected chi connectivity index (χ4v) is 4.43. The molecule has 174 valence electrons. The summed E-state index contributed by atoms with van der Waals surface area (Å²) in [5.41, 5.74) is 4.32. The van der Waals surface area contributed by atoms with Crippen LogP contribution >= 0.6 is 0 Å². The number of nitrogen functional groups attached to an aromatic ring is 1. The molecule has 4 rings (SSSR count). The first-order chi connectivity index (χ1) is 15.9. The summed E-state index contributed by atoms with van der Waals surface area (Å²) in [7, 11) is 0. The Kier molecular flexibility index (Phi) is 6.74. The average Bonchev–Trinajstić information content (AvgIpc) is 3.69. The van der Waals surface area contributed by atoms with Crippen LogP contribution in [0, 0.1) is 11.7 Å². The zero-order chi connectivity index (χ0) is 23.5. The molecule has 1 aliphatic carbocycles. The zero-order valence-electron chi connectivity index (χ0n) is 18.7. The second kappa shape index (κ2) is 9.70. The van der Waals surface area contributed by atoms with E-state index in [-0.39, 0.29) is 35.1 Å². The molecule has 0 spiro atoms. The van der Waals surface area contributed by atoms with Gasteiger partial charge in [-0.15, -0.1) is 0 Å². The van der Waals surface area contributed by atoms with Crippen LogP contribution < -0.4 is 11.3 Å². The van der Waals surface area contributed by atoms with Gasteiger partial charge in [0.2, 0.25) is 5.91 Å². The number of hydrogen-bond donors (Lipinski definition) is 2. The van der Waals surface area contributed by atoms with E-state index >= 15 is 0 Å². The van der Waals surface area contributed by atoms with Gasteiger partial charge < -0.3 is 9.80 Å². The van der Waals surface area contributed by atoms with E-state index in [0.29, 0.717) is 38.2 Å². The van der Waals surface area contributed by atoms with Crippen LogP contribution in [-0.4, -0.2) is 53.7 Å². The minimum absolute atomic E-state index is 0.0367. The number of hydrazine groups is 1. The van der Waals surface area contributed by atoms with Crippen LogP contribution in [0.1, 0.15) is 57.5 Å². The molecule has 0 bridgehead atoms. The maximum Gasteiger partial charge on any atom is 0.265 e. The molecule has 2 aromatic rings. The van der Waals surface area contributed by atoms with Crippen LogP contribution in [0.2, 0.25) is 0 Å². The molecule has 1 unspecified atom stereocenters. The summed E-state index contributed by atoms with van der Waals surface area (Å²) in [5.74, 6) is 4.30. The third-order valence-electron chi connectivity index (χ3n) is 6.48.